The van der Waals surface area contributed by atoms with Crippen LogP contribution < -0.4 is 0 Å². The van der Waals surface area contributed by atoms with Crippen molar-refractivity contribution in [3.8, 4) is 0 Å². The second-order valence-corrected chi connectivity index (χ2v) is 2.79. The fraction of sp³-hybridized carbons (Fsp3) is 0.714. The molecule has 0 aromatic carbocycles. The Morgan fingerprint density at radius 2 is 2.33 bits per heavy atom. The molecule has 1 saturated carbocycles. The summed E-state index contributed by atoms with van der Waals surface area (Å²) in [5.41, 5.74) is 0. The molecule has 0 amide bonds. The average molecular weight is 126 g/mol. The summed E-state index contributed by atoms with van der Waals surface area (Å²) >= 11 is 0. The maximum atomic E-state index is 9.07. The second kappa shape index (κ2) is 1.58. The van der Waals surface area contributed by atoms with Crippen LogP contribution in [0.4, 0.5) is 0 Å². The van der Waals surface area contributed by atoms with E-state index in [4.69, 9.17) is 9.84 Å². The molecule has 1 heterocycles. The average Bonchev–Trinajstić information content (AvgIpc) is 2.56. The van der Waals surface area contributed by atoms with E-state index in [0.717, 1.165) is 6.42 Å². The molecule has 0 aromatic rings. The van der Waals surface area contributed by atoms with E-state index in [2.05, 4.69) is 6.58 Å². The van der Waals surface area contributed by atoms with E-state index in [1.165, 1.54) is 0 Å². The smallest absolute Gasteiger partial charge is 0.158 e. The Morgan fingerprint density at radius 3 is 2.56 bits per heavy atom. The molecular formula is C7H10O2. The van der Waals surface area contributed by atoms with Gasteiger partial charge in [-0.1, -0.05) is 6.08 Å². The quantitative estimate of drug-likeness (QED) is 0.519. The minimum atomic E-state index is -0.502. The maximum absolute atomic E-state index is 9.07. The van der Waals surface area contributed by atoms with Crippen molar-refractivity contribution < 1.29 is 9.84 Å². The highest BCUT2D eigenvalue weighted by molar-refractivity contribution is 5.05. The summed E-state index contributed by atoms with van der Waals surface area (Å²) < 4.78 is 5.11. The monoisotopic (exact) mass is 126 g/mol. The molecule has 1 N–H and O–H groups in total. The molecule has 0 radical (unpaired) electrons. The van der Waals surface area contributed by atoms with Crippen LogP contribution in [0.15, 0.2) is 12.7 Å². The van der Waals surface area contributed by atoms with Crippen molar-refractivity contribution in [2.75, 3.05) is 0 Å². The van der Waals surface area contributed by atoms with Gasteiger partial charge in [-0.05, 0) is 12.3 Å². The van der Waals surface area contributed by atoms with Crippen LogP contribution in [0, 0.1) is 11.8 Å². The summed E-state index contributed by atoms with van der Waals surface area (Å²) in [6, 6.07) is 0. The molecule has 1 saturated heterocycles. The lowest BCUT2D eigenvalue weighted by atomic mass is 10.2. The van der Waals surface area contributed by atoms with Crippen LogP contribution in [-0.2, 0) is 4.74 Å². The molecule has 0 unspecified atom stereocenters. The first-order valence-electron chi connectivity index (χ1n) is 3.29. The lowest BCUT2D eigenvalue weighted by Gasteiger charge is -2.08. The number of rotatable bonds is 1. The summed E-state index contributed by atoms with van der Waals surface area (Å²) in [6.07, 6.45) is 2.53. The molecule has 2 nitrogen and oxygen atoms in total. The Bertz CT molecular complexity index is 144. The van der Waals surface area contributed by atoms with E-state index in [1.54, 1.807) is 6.08 Å². The first-order chi connectivity index (χ1) is 4.33. The first-order valence-corrected chi connectivity index (χ1v) is 3.29. The Kier molecular flexibility index (Phi) is 0.957. The van der Waals surface area contributed by atoms with Crippen LogP contribution in [-0.4, -0.2) is 17.5 Å². The zero-order valence-corrected chi connectivity index (χ0v) is 5.16. The molecule has 2 fully saturated rings. The van der Waals surface area contributed by atoms with Gasteiger partial charge in [0, 0.05) is 5.92 Å². The summed E-state index contributed by atoms with van der Waals surface area (Å²) in [6.45, 7) is 3.62. The Labute approximate surface area is 54.1 Å². The fourth-order valence-electron chi connectivity index (χ4n) is 1.53. The summed E-state index contributed by atoms with van der Waals surface area (Å²) in [7, 11) is 0. The largest absolute Gasteiger partial charge is 0.368 e. The summed E-state index contributed by atoms with van der Waals surface area (Å²) in [4.78, 5) is 0. The molecule has 4 atom stereocenters. The second-order valence-electron chi connectivity index (χ2n) is 2.79. The molecule has 9 heavy (non-hydrogen) atoms. The van der Waals surface area contributed by atoms with Gasteiger partial charge in [0.1, 0.15) is 0 Å². The van der Waals surface area contributed by atoms with Crippen molar-refractivity contribution in [1.29, 1.82) is 0 Å². The molecule has 2 aliphatic rings. The van der Waals surface area contributed by atoms with Gasteiger partial charge in [0.2, 0.25) is 0 Å². The SMILES string of the molecule is C=C[C@H]1O[C@H](O)[C@H]2C[C@H]21. The molecule has 50 valence electrons. The normalized spacial score (nSPS) is 54.8. The number of aliphatic hydroxyl groups is 1. The highest BCUT2D eigenvalue weighted by atomic mass is 16.6. The minimum absolute atomic E-state index is 0.130. The van der Waals surface area contributed by atoms with Gasteiger partial charge in [0.15, 0.2) is 6.29 Å². The number of aliphatic hydroxyl groups excluding tert-OH is 1. The van der Waals surface area contributed by atoms with E-state index in [1.807, 2.05) is 0 Å². The van der Waals surface area contributed by atoms with Crippen LogP contribution in [0.5, 0.6) is 0 Å². The molecule has 1 aliphatic heterocycles. The molecule has 2 heteroatoms. The van der Waals surface area contributed by atoms with Gasteiger partial charge in [0.05, 0.1) is 6.10 Å². The van der Waals surface area contributed by atoms with Gasteiger partial charge in [-0.25, -0.2) is 0 Å². The minimum Gasteiger partial charge on any atom is -0.368 e. The van der Waals surface area contributed by atoms with Crippen molar-refractivity contribution in [2.45, 2.75) is 18.8 Å². The van der Waals surface area contributed by atoms with Crippen molar-refractivity contribution in [3.05, 3.63) is 12.7 Å². The van der Waals surface area contributed by atoms with Crippen molar-refractivity contribution >= 4 is 0 Å². The van der Waals surface area contributed by atoms with Gasteiger partial charge in [-0.2, -0.15) is 0 Å². The Balaban J connectivity index is 2.08. The number of ether oxygens (including phenoxy) is 1. The van der Waals surface area contributed by atoms with Crippen LogP contribution in [0.1, 0.15) is 6.42 Å². The van der Waals surface area contributed by atoms with Gasteiger partial charge in [0.25, 0.3) is 0 Å². The predicted molar refractivity (Wildman–Crippen MR) is 32.7 cm³/mol. The standard InChI is InChI=1S/C7H10O2/c1-2-6-4-3-5(4)7(8)9-6/h2,4-8H,1,3H2/t4-,5+,6-,7+/m1/s1. The van der Waals surface area contributed by atoms with Crippen LogP contribution in [0.25, 0.3) is 0 Å². The highest BCUT2D eigenvalue weighted by Crippen LogP contribution is 2.51. The van der Waals surface area contributed by atoms with E-state index >= 15 is 0 Å². The lowest BCUT2D eigenvalue weighted by molar-refractivity contribution is -0.101. The van der Waals surface area contributed by atoms with Gasteiger partial charge in [-0.15, -0.1) is 6.58 Å². The third kappa shape index (κ3) is 0.635. The molecule has 0 aromatic heterocycles. The van der Waals surface area contributed by atoms with Crippen molar-refractivity contribution in [3.63, 3.8) is 0 Å². The summed E-state index contributed by atoms with van der Waals surface area (Å²) in [5.74, 6) is 1.01. The van der Waals surface area contributed by atoms with E-state index in [-0.39, 0.29) is 6.10 Å². The van der Waals surface area contributed by atoms with Gasteiger partial charge < -0.3 is 9.84 Å². The highest BCUT2D eigenvalue weighted by Gasteiger charge is 2.54. The molecule has 1 aliphatic carbocycles. The molecular weight excluding hydrogens is 116 g/mol. The zero-order chi connectivity index (χ0) is 6.43. The van der Waals surface area contributed by atoms with E-state index in [0.29, 0.717) is 11.8 Å². The Morgan fingerprint density at radius 1 is 1.56 bits per heavy atom. The maximum Gasteiger partial charge on any atom is 0.158 e. The van der Waals surface area contributed by atoms with Crippen LogP contribution >= 0.6 is 0 Å². The molecule has 2 rings (SSSR count). The molecule has 0 spiro atoms. The van der Waals surface area contributed by atoms with Crippen molar-refractivity contribution in [2.24, 2.45) is 11.8 Å². The van der Waals surface area contributed by atoms with Gasteiger partial charge in [-0.3, -0.25) is 0 Å². The van der Waals surface area contributed by atoms with Crippen molar-refractivity contribution in [1.82, 2.24) is 0 Å². The van der Waals surface area contributed by atoms with Gasteiger partial charge >= 0.3 is 0 Å². The summed E-state index contributed by atoms with van der Waals surface area (Å²) in [5, 5.41) is 9.07. The number of hydrogen-bond acceptors (Lipinski definition) is 2. The topological polar surface area (TPSA) is 29.5 Å². The Hall–Kier alpha value is -0.340. The first kappa shape index (κ1) is 5.45. The number of fused-ring (bicyclic) bond motifs is 1. The lowest BCUT2D eigenvalue weighted by Crippen LogP contribution is -2.13. The third-order valence-electron chi connectivity index (χ3n) is 2.21. The number of hydrogen-bond donors (Lipinski definition) is 1. The fourth-order valence-corrected chi connectivity index (χ4v) is 1.53. The van der Waals surface area contributed by atoms with Crippen LogP contribution in [0.3, 0.4) is 0 Å². The molecule has 0 bridgehead atoms. The predicted octanol–water partition coefficient (Wildman–Crippen LogP) is 0.526. The van der Waals surface area contributed by atoms with E-state index < -0.39 is 6.29 Å². The third-order valence-corrected chi connectivity index (χ3v) is 2.21. The van der Waals surface area contributed by atoms with E-state index in [9.17, 15) is 0 Å². The van der Waals surface area contributed by atoms with Crippen LogP contribution in [0.2, 0.25) is 0 Å². The zero-order valence-electron chi connectivity index (χ0n) is 5.16.